The van der Waals surface area contributed by atoms with Gasteiger partial charge in [0.2, 0.25) is 0 Å². The molecular formula is C14H21NO4. The Hall–Kier alpha value is -1.26. The average Bonchev–Trinajstić information content (AvgIpc) is 2.31. The molecule has 0 spiro atoms. The van der Waals surface area contributed by atoms with Crippen LogP contribution in [0, 0.1) is 23.7 Å². The smallest absolute Gasteiger partial charge is 0.410 e. The average molecular weight is 267 g/mol. The Labute approximate surface area is 112 Å². The van der Waals surface area contributed by atoms with Crippen LogP contribution in [0.25, 0.3) is 0 Å². The number of aliphatic carboxylic acids is 1. The van der Waals surface area contributed by atoms with E-state index in [2.05, 4.69) is 0 Å². The van der Waals surface area contributed by atoms with Crippen molar-refractivity contribution in [2.45, 2.75) is 38.2 Å². The predicted octanol–water partition coefficient (Wildman–Crippen LogP) is 1.96. The molecule has 4 bridgehead atoms. The summed E-state index contributed by atoms with van der Waals surface area (Å²) >= 11 is 0. The zero-order valence-electron chi connectivity index (χ0n) is 11.2. The van der Waals surface area contributed by atoms with E-state index in [1.54, 1.807) is 0 Å². The Morgan fingerprint density at radius 2 is 1.63 bits per heavy atom. The van der Waals surface area contributed by atoms with Crippen molar-refractivity contribution in [2.24, 2.45) is 23.7 Å². The molecule has 5 heteroatoms. The molecule has 0 aliphatic heterocycles. The molecule has 4 aliphatic carbocycles. The molecule has 1 amide bonds. The van der Waals surface area contributed by atoms with Gasteiger partial charge in [0, 0.05) is 7.05 Å². The van der Waals surface area contributed by atoms with Crippen molar-refractivity contribution >= 4 is 12.1 Å². The lowest BCUT2D eigenvalue weighted by Gasteiger charge is -2.53. The Morgan fingerprint density at radius 1 is 1.11 bits per heavy atom. The third-order valence-electron chi connectivity index (χ3n) is 5.06. The van der Waals surface area contributed by atoms with Gasteiger partial charge in [0.05, 0.1) is 0 Å². The Bertz CT molecular complexity index is 367. The van der Waals surface area contributed by atoms with Crippen LogP contribution in [0.5, 0.6) is 0 Å². The fourth-order valence-electron chi connectivity index (χ4n) is 4.54. The van der Waals surface area contributed by atoms with Crippen molar-refractivity contribution < 1.29 is 19.4 Å². The van der Waals surface area contributed by atoms with Gasteiger partial charge in [0.1, 0.15) is 12.6 Å². The monoisotopic (exact) mass is 267 g/mol. The van der Waals surface area contributed by atoms with E-state index in [1.165, 1.54) is 39.2 Å². The number of carbonyl (C=O) groups is 2. The van der Waals surface area contributed by atoms with Crippen LogP contribution in [0.2, 0.25) is 0 Å². The fourth-order valence-corrected chi connectivity index (χ4v) is 4.54. The van der Waals surface area contributed by atoms with Gasteiger partial charge in [-0.05, 0) is 55.8 Å². The summed E-state index contributed by atoms with van der Waals surface area (Å²) in [6.45, 7) is -0.299. The summed E-state index contributed by atoms with van der Waals surface area (Å²) in [4.78, 5) is 23.7. The van der Waals surface area contributed by atoms with Crippen molar-refractivity contribution in [1.29, 1.82) is 0 Å². The molecule has 106 valence electrons. The number of carboxylic acid groups (broad SMARTS) is 1. The van der Waals surface area contributed by atoms with E-state index in [-0.39, 0.29) is 12.6 Å². The van der Waals surface area contributed by atoms with Crippen LogP contribution in [0.3, 0.4) is 0 Å². The van der Waals surface area contributed by atoms with Gasteiger partial charge in [-0.1, -0.05) is 0 Å². The highest BCUT2D eigenvalue weighted by atomic mass is 16.6. The first-order valence-corrected chi connectivity index (χ1v) is 7.16. The molecule has 19 heavy (non-hydrogen) atoms. The highest BCUT2D eigenvalue weighted by Crippen LogP contribution is 2.54. The Balaban J connectivity index is 1.61. The number of hydrogen-bond donors (Lipinski definition) is 1. The quantitative estimate of drug-likeness (QED) is 0.849. The molecular weight excluding hydrogens is 246 g/mol. The normalized spacial score (nSPS) is 39.1. The predicted molar refractivity (Wildman–Crippen MR) is 67.6 cm³/mol. The summed E-state index contributed by atoms with van der Waals surface area (Å²) in [5.41, 5.74) is 0. The third-order valence-corrected chi connectivity index (χ3v) is 5.06. The number of carbonyl (C=O) groups excluding carboxylic acids is 1. The molecule has 5 nitrogen and oxygen atoms in total. The van der Waals surface area contributed by atoms with Gasteiger partial charge in [-0.25, -0.2) is 4.79 Å². The zero-order chi connectivity index (χ0) is 13.6. The van der Waals surface area contributed by atoms with E-state index in [0.29, 0.717) is 11.8 Å². The third kappa shape index (κ3) is 2.42. The fraction of sp³-hybridized carbons (Fsp3) is 0.857. The summed E-state index contributed by atoms with van der Waals surface area (Å²) in [5.74, 6) is 1.70. The Kier molecular flexibility index (Phi) is 3.15. The van der Waals surface area contributed by atoms with E-state index in [9.17, 15) is 9.59 Å². The van der Waals surface area contributed by atoms with Gasteiger partial charge in [-0.2, -0.15) is 0 Å². The van der Waals surface area contributed by atoms with Gasteiger partial charge in [0.15, 0.2) is 0 Å². The minimum Gasteiger partial charge on any atom is -0.480 e. The van der Waals surface area contributed by atoms with E-state index in [1.807, 2.05) is 0 Å². The number of amides is 1. The van der Waals surface area contributed by atoms with Gasteiger partial charge >= 0.3 is 12.1 Å². The molecule has 0 atom stereocenters. The highest BCUT2D eigenvalue weighted by Gasteiger charge is 2.50. The van der Waals surface area contributed by atoms with Crippen LogP contribution < -0.4 is 0 Å². The maximum absolute atomic E-state index is 11.9. The lowest BCUT2D eigenvalue weighted by Crippen LogP contribution is -2.51. The minimum atomic E-state index is -1.01. The SMILES string of the molecule is CN(CC(=O)O)C(=O)OC1C2CC3CC(C2)CC1C3. The van der Waals surface area contributed by atoms with Crippen LogP contribution in [-0.2, 0) is 9.53 Å². The summed E-state index contributed by atoms with van der Waals surface area (Å²) in [7, 11) is 1.48. The van der Waals surface area contributed by atoms with E-state index < -0.39 is 12.1 Å². The number of hydrogen-bond acceptors (Lipinski definition) is 3. The van der Waals surface area contributed by atoms with Gasteiger partial charge in [0.25, 0.3) is 0 Å². The molecule has 0 heterocycles. The second-order valence-corrected chi connectivity index (χ2v) is 6.53. The largest absolute Gasteiger partial charge is 0.480 e. The van der Waals surface area contributed by atoms with Crippen LogP contribution in [-0.4, -0.2) is 41.8 Å². The summed E-state index contributed by atoms with van der Waals surface area (Å²) in [5, 5.41) is 8.69. The topological polar surface area (TPSA) is 66.8 Å². The molecule has 0 unspecified atom stereocenters. The first-order chi connectivity index (χ1) is 9.02. The zero-order valence-corrected chi connectivity index (χ0v) is 11.2. The maximum atomic E-state index is 11.9. The molecule has 0 aromatic rings. The van der Waals surface area contributed by atoms with Crippen molar-refractivity contribution in [1.82, 2.24) is 4.90 Å². The molecule has 0 aromatic carbocycles. The molecule has 0 radical (unpaired) electrons. The summed E-state index contributed by atoms with van der Waals surface area (Å²) < 4.78 is 5.61. The van der Waals surface area contributed by atoms with E-state index in [0.717, 1.165) is 16.7 Å². The standard InChI is InChI=1S/C14H21NO4/c1-15(7-12(16)17)14(18)19-13-10-3-8-2-9(5-10)6-11(13)4-8/h8-11,13H,2-7H2,1H3,(H,16,17). The molecule has 0 saturated heterocycles. The van der Waals surface area contributed by atoms with E-state index >= 15 is 0 Å². The molecule has 4 fully saturated rings. The first kappa shape index (κ1) is 12.8. The van der Waals surface area contributed by atoms with Gasteiger partial charge in [-0.15, -0.1) is 0 Å². The summed E-state index contributed by atoms with van der Waals surface area (Å²) in [6.07, 6.45) is 5.66. The number of nitrogens with zero attached hydrogens (tertiary/aromatic N) is 1. The number of rotatable bonds is 3. The number of likely N-dealkylation sites (N-methyl/N-ethyl adjacent to an activating group) is 1. The molecule has 1 N–H and O–H groups in total. The minimum absolute atomic E-state index is 0.0246. The second-order valence-electron chi connectivity index (χ2n) is 6.53. The van der Waals surface area contributed by atoms with Gasteiger partial charge in [-0.3, -0.25) is 4.79 Å². The molecule has 4 rings (SSSR count). The van der Waals surface area contributed by atoms with Crippen molar-refractivity contribution in [2.75, 3.05) is 13.6 Å². The first-order valence-electron chi connectivity index (χ1n) is 7.16. The van der Waals surface area contributed by atoms with E-state index in [4.69, 9.17) is 9.84 Å². The van der Waals surface area contributed by atoms with Crippen molar-refractivity contribution in [3.05, 3.63) is 0 Å². The molecule has 4 aliphatic rings. The number of carboxylic acids is 1. The Morgan fingerprint density at radius 3 is 2.11 bits per heavy atom. The molecule has 0 aromatic heterocycles. The van der Waals surface area contributed by atoms with Crippen LogP contribution in [0.1, 0.15) is 32.1 Å². The van der Waals surface area contributed by atoms with Gasteiger partial charge < -0.3 is 14.7 Å². The van der Waals surface area contributed by atoms with Crippen molar-refractivity contribution in [3.8, 4) is 0 Å². The second kappa shape index (κ2) is 4.69. The van der Waals surface area contributed by atoms with Crippen molar-refractivity contribution in [3.63, 3.8) is 0 Å². The molecule has 4 saturated carbocycles. The number of ether oxygens (including phenoxy) is 1. The van der Waals surface area contributed by atoms with Crippen LogP contribution in [0.15, 0.2) is 0 Å². The highest BCUT2D eigenvalue weighted by molar-refractivity contribution is 5.76. The van der Waals surface area contributed by atoms with Crippen LogP contribution >= 0.6 is 0 Å². The lowest BCUT2D eigenvalue weighted by molar-refractivity contribution is -0.138. The summed E-state index contributed by atoms with van der Waals surface area (Å²) in [6, 6.07) is 0. The maximum Gasteiger partial charge on any atom is 0.410 e. The van der Waals surface area contributed by atoms with Crippen LogP contribution in [0.4, 0.5) is 4.79 Å². The lowest BCUT2D eigenvalue weighted by atomic mass is 9.55.